The normalized spacial score (nSPS) is 3.38. The molecule has 0 unspecified atom stereocenters. The molecule has 98 valence electrons. The van der Waals surface area contributed by atoms with Crippen molar-refractivity contribution in [2.24, 2.45) is 0 Å². The second kappa shape index (κ2) is 2280. The number of hydrogen-bond donors (Lipinski definition) is 0. The Bertz CT molecular complexity index is 39.2. The van der Waals surface area contributed by atoms with Gasteiger partial charge in [-0.25, -0.2) is 0 Å². The van der Waals surface area contributed by atoms with Gasteiger partial charge in [-0.1, -0.05) is 0 Å². The van der Waals surface area contributed by atoms with Gasteiger partial charge in [-0.3, -0.25) is 0 Å². The van der Waals surface area contributed by atoms with Gasteiger partial charge < -0.3 is 0 Å². The van der Waals surface area contributed by atoms with Crippen LogP contribution in [-0.2, 0) is 0 Å². The first-order valence-corrected chi connectivity index (χ1v) is 5.10. The molecule has 0 aliphatic rings. The van der Waals surface area contributed by atoms with E-state index in [2.05, 4.69) is 78.9 Å². The lowest BCUT2D eigenvalue weighted by Crippen LogP contribution is -1.63. The summed E-state index contributed by atoms with van der Waals surface area (Å²) in [6.45, 7) is 36.0. The predicted molar refractivity (Wildman–Crippen MR) is 89.0 cm³/mol. The molecular weight excluding hydrogens is 239 g/mol. The lowest BCUT2D eigenvalue weighted by molar-refractivity contribution is 1.52. The Morgan fingerprint density at radius 3 is 0.438 bits per heavy atom. The number of halogens is 2. The molecule has 0 radical (unpaired) electrons. The molecule has 0 N–H and O–H groups in total. The van der Waals surface area contributed by atoms with E-state index in [0.29, 0.717) is 11.8 Å². The van der Waals surface area contributed by atoms with Gasteiger partial charge in [0.2, 0.25) is 0 Å². The maximum absolute atomic E-state index is 5.05. The Balaban J connectivity index is -0.0000000122. The van der Waals surface area contributed by atoms with E-state index in [1.165, 1.54) is 0 Å². The second-order valence-corrected chi connectivity index (χ2v) is 1.13. The van der Waals surface area contributed by atoms with Crippen molar-refractivity contribution in [1.82, 2.24) is 0 Å². The molecule has 0 saturated heterocycles. The highest BCUT2D eigenvalue weighted by Gasteiger charge is 1.61. The van der Waals surface area contributed by atoms with E-state index in [0.717, 1.165) is 0 Å². The molecule has 0 aliphatic heterocycles. The van der Waals surface area contributed by atoms with Crippen LogP contribution in [-0.4, -0.2) is 11.8 Å². The minimum atomic E-state index is 0.557. The van der Waals surface area contributed by atoms with Crippen LogP contribution in [0.5, 0.6) is 0 Å². The molecule has 16 heavy (non-hydrogen) atoms. The summed E-state index contributed by atoms with van der Waals surface area (Å²) >= 11 is 10.1. The second-order valence-electron chi connectivity index (χ2n) is 0.378. The number of alkyl halides is 2. The summed E-state index contributed by atoms with van der Waals surface area (Å²) in [4.78, 5) is 0. The van der Waals surface area contributed by atoms with Gasteiger partial charge in [0.25, 0.3) is 0 Å². The SMILES string of the molecule is C=C.C=C.C=C.C=C.C=C.C=C.ClCCCl. The van der Waals surface area contributed by atoms with Gasteiger partial charge in [0.15, 0.2) is 0 Å². The molecule has 0 rings (SSSR count). The van der Waals surface area contributed by atoms with Crippen LogP contribution >= 0.6 is 23.2 Å². The van der Waals surface area contributed by atoms with E-state index in [-0.39, 0.29) is 0 Å². The fourth-order valence-electron chi connectivity index (χ4n) is 0. The summed E-state index contributed by atoms with van der Waals surface area (Å²) in [6.07, 6.45) is 0. The van der Waals surface area contributed by atoms with Crippen LogP contribution < -0.4 is 0 Å². The van der Waals surface area contributed by atoms with E-state index in [9.17, 15) is 0 Å². The maximum atomic E-state index is 5.05. The topological polar surface area (TPSA) is 0 Å². The Kier molecular flexibility index (Phi) is 6550. The third-order valence-electron chi connectivity index (χ3n) is 0.0714. The maximum Gasteiger partial charge on any atom is 0.0359 e. The van der Waals surface area contributed by atoms with Crippen LogP contribution in [0.1, 0.15) is 0 Å². The first-order chi connectivity index (χ1) is 7.91. The van der Waals surface area contributed by atoms with Crippen LogP contribution in [0.3, 0.4) is 0 Å². The highest BCUT2D eigenvalue weighted by Crippen LogP contribution is 1.75. The quantitative estimate of drug-likeness (QED) is 0.387. The van der Waals surface area contributed by atoms with Crippen molar-refractivity contribution in [3.63, 3.8) is 0 Å². The predicted octanol–water partition coefficient (Wildman–Crippen LogP) is 6.28. The molecule has 0 spiro atoms. The molecule has 2 heteroatoms. The minimum Gasteiger partial charge on any atom is -0.125 e. The summed E-state index contributed by atoms with van der Waals surface area (Å²) < 4.78 is 0. The zero-order valence-corrected chi connectivity index (χ0v) is 12.2. The molecule has 0 aromatic carbocycles. The lowest BCUT2D eigenvalue weighted by atomic mass is 11.0. The van der Waals surface area contributed by atoms with Crippen LogP contribution in [0.15, 0.2) is 78.9 Å². The number of hydrogen-bond acceptors (Lipinski definition) is 0. The van der Waals surface area contributed by atoms with E-state index in [1.807, 2.05) is 0 Å². The monoisotopic (exact) mass is 266 g/mol. The summed E-state index contributed by atoms with van der Waals surface area (Å²) in [5.74, 6) is 1.11. The number of rotatable bonds is 1. The van der Waals surface area contributed by atoms with E-state index in [1.54, 1.807) is 0 Å². The standard InChI is InChI=1S/C2H4Cl2.6C2H4/c3-1-2-4;6*1-2/h1-2H2;6*1-2H2. The third-order valence-corrected chi connectivity index (χ3v) is 0.643. The molecule has 0 heterocycles. The average molecular weight is 267 g/mol. The fourth-order valence-corrected chi connectivity index (χ4v) is 0. The van der Waals surface area contributed by atoms with Gasteiger partial charge in [0.1, 0.15) is 0 Å². The summed E-state index contributed by atoms with van der Waals surface area (Å²) in [6, 6.07) is 0. The van der Waals surface area contributed by atoms with Crippen LogP contribution in [0.4, 0.5) is 0 Å². The summed E-state index contributed by atoms with van der Waals surface area (Å²) in [5, 5.41) is 0. The third kappa shape index (κ3) is 4700000. The molecule has 0 saturated carbocycles. The highest BCUT2D eigenvalue weighted by atomic mass is 35.5. The largest absolute Gasteiger partial charge is 0.125 e. The van der Waals surface area contributed by atoms with Crippen molar-refractivity contribution in [3.8, 4) is 0 Å². The molecule has 0 atom stereocenters. The summed E-state index contributed by atoms with van der Waals surface area (Å²) in [7, 11) is 0. The van der Waals surface area contributed by atoms with Gasteiger partial charge in [-0.2, -0.15) is 0 Å². The molecule has 0 fully saturated rings. The molecule has 0 aromatic rings. The van der Waals surface area contributed by atoms with Gasteiger partial charge in [-0.15, -0.1) is 102 Å². The Morgan fingerprint density at radius 1 is 0.375 bits per heavy atom. The van der Waals surface area contributed by atoms with Crippen molar-refractivity contribution in [1.29, 1.82) is 0 Å². The van der Waals surface area contributed by atoms with Crippen molar-refractivity contribution in [3.05, 3.63) is 78.9 Å². The van der Waals surface area contributed by atoms with Crippen LogP contribution in [0.2, 0.25) is 0 Å². The molecular formula is C14H28Cl2. The Labute approximate surface area is 114 Å². The zero-order chi connectivity index (χ0) is 15.4. The minimum absolute atomic E-state index is 0.557. The van der Waals surface area contributed by atoms with Crippen LogP contribution in [0.25, 0.3) is 0 Å². The van der Waals surface area contributed by atoms with Gasteiger partial charge in [0, 0.05) is 11.8 Å². The van der Waals surface area contributed by atoms with Gasteiger partial charge in [0.05, 0.1) is 0 Å². The van der Waals surface area contributed by atoms with Crippen LogP contribution in [0, 0.1) is 0 Å². The summed E-state index contributed by atoms with van der Waals surface area (Å²) in [5.41, 5.74) is 0. The molecule has 0 aromatic heterocycles. The van der Waals surface area contributed by atoms with E-state index in [4.69, 9.17) is 23.2 Å². The van der Waals surface area contributed by atoms with Gasteiger partial charge in [-0.05, 0) is 0 Å². The Hall–Kier alpha value is -0.980. The molecule has 0 nitrogen and oxygen atoms in total. The first kappa shape index (κ1) is 45.9. The smallest absolute Gasteiger partial charge is 0.0359 e. The van der Waals surface area contributed by atoms with E-state index >= 15 is 0 Å². The fraction of sp³-hybridized carbons (Fsp3) is 0.143. The molecule has 0 aliphatic carbocycles. The lowest BCUT2D eigenvalue weighted by Gasteiger charge is -1.63. The van der Waals surface area contributed by atoms with Crippen molar-refractivity contribution in [2.45, 2.75) is 0 Å². The van der Waals surface area contributed by atoms with Crippen molar-refractivity contribution < 1.29 is 0 Å². The Morgan fingerprint density at radius 2 is 0.438 bits per heavy atom. The first-order valence-electron chi connectivity index (χ1n) is 4.03. The highest BCUT2D eigenvalue weighted by molar-refractivity contribution is 6.25. The van der Waals surface area contributed by atoms with Crippen molar-refractivity contribution >= 4 is 23.2 Å². The molecule has 0 amide bonds. The zero-order valence-electron chi connectivity index (χ0n) is 10.7. The van der Waals surface area contributed by atoms with E-state index < -0.39 is 0 Å². The molecule has 0 bridgehead atoms. The average Bonchev–Trinajstić information content (AvgIpc) is 2.51. The van der Waals surface area contributed by atoms with Gasteiger partial charge >= 0.3 is 0 Å². The van der Waals surface area contributed by atoms with Crippen molar-refractivity contribution in [2.75, 3.05) is 11.8 Å².